The number of benzene rings is 3. The number of amides is 4. The number of nitrogens with one attached hydrogen (secondary N) is 2. The minimum Gasteiger partial charge on any atom is -0.349 e. The zero-order valence-electron chi connectivity index (χ0n) is 22.2. The molecule has 0 aromatic heterocycles. The van der Waals surface area contributed by atoms with Crippen LogP contribution in [0.5, 0.6) is 0 Å². The number of carbonyl (C=O) groups excluding carboxylic acids is 3. The summed E-state index contributed by atoms with van der Waals surface area (Å²) in [6, 6.07) is 27.0. The highest BCUT2D eigenvalue weighted by Gasteiger charge is 2.52. The van der Waals surface area contributed by atoms with Gasteiger partial charge < -0.3 is 15.5 Å². The normalized spacial score (nSPS) is 17.3. The summed E-state index contributed by atoms with van der Waals surface area (Å²) in [6.45, 7) is 2.46. The fourth-order valence-electron chi connectivity index (χ4n) is 5.44. The molecular formula is C31H34BrClN4O3. The lowest BCUT2D eigenvalue weighted by atomic mass is 9.87. The number of halogens is 2. The van der Waals surface area contributed by atoms with Gasteiger partial charge in [0.05, 0.1) is 19.0 Å². The molecule has 3 aromatic rings. The number of imide groups is 1. The number of carbonyl (C=O) groups is 3. The van der Waals surface area contributed by atoms with Gasteiger partial charge in [0.2, 0.25) is 5.91 Å². The lowest BCUT2D eigenvalue weighted by Crippen LogP contribution is -2.55. The van der Waals surface area contributed by atoms with Gasteiger partial charge in [-0.3, -0.25) is 14.5 Å². The van der Waals surface area contributed by atoms with Gasteiger partial charge in [0.1, 0.15) is 5.54 Å². The van der Waals surface area contributed by atoms with Gasteiger partial charge in [-0.15, -0.1) is 12.4 Å². The van der Waals surface area contributed by atoms with E-state index in [-0.39, 0.29) is 42.8 Å². The van der Waals surface area contributed by atoms with E-state index in [0.717, 1.165) is 34.1 Å². The Balaban J connectivity index is 0.00000370. The summed E-state index contributed by atoms with van der Waals surface area (Å²) < 4.78 is 0.956. The van der Waals surface area contributed by atoms with E-state index < -0.39 is 5.54 Å². The number of hydrogen-bond acceptors (Lipinski definition) is 4. The number of urea groups is 1. The molecule has 2 N–H and O–H groups in total. The van der Waals surface area contributed by atoms with Crippen molar-refractivity contribution in [2.45, 2.75) is 43.8 Å². The molecule has 1 spiro atoms. The Morgan fingerprint density at radius 1 is 0.900 bits per heavy atom. The highest BCUT2D eigenvalue weighted by molar-refractivity contribution is 9.10. The highest BCUT2D eigenvalue weighted by atomic mass is 79.9. The summed E-state index contributed by atoms with van der Waals surface area (Å²) in [7, 11) is 0. The molecule has 9 heteroatoms. The third kappa shape index (κ3) is 7.11. The second-order valence-corrected chi connectivity index (χ2v) is 11.3. The second-order valence-electron chi connectivity index (χ2n) is 10.4. The predicted molar refractivity (Wildman–Crippen MR) is 161 cm³/mol. The molecule has 40 heavy (non-hydrogen) atoms. The van der Waals surface area contributed by atoms with Crippen LogP contribution in [-0.2, 0) is 22.6 Å². The number of likely N-dealkylation sites (tertiary alicyclic amines) is 1. The molecule has 0 unspecified atom stereocenters. The average Bonchev–Trinajstić information content (AvgIpc) is 3.18. The van der Waals surface area contributed by atoms with E-state index in [1.54, 1.807) is 0 Å². The maximum Gasteiger partial charge on any atom is 0.325 e. The standard InChI is InChI=1S/C31H33BrN4O3.ClH/c32-26-13-11-24(12-14-26)22-36-29(38)31(34-30(36)39)16-19-35(20-17-31)18-15-27(25-9-5-2-6-10-25)33-28(37)21-23-7-3-1-4-8-23;/h1-14,27H,15-22H2,(H,33,37)(H,34,39);1H/t27-;/m0./s1. The number of rotatable bonds is 9. The summed E-state index contributed by atoms with van der Waals surface area (Å²) in [6.07, 6.45) is 2.25. The Labute approximate surface area is 249 Å². The summed E-state index contributed by atoms with van der Waals surface area (Å²) in [5.41, 5.74) is 2.15. The molecule has 2 aliphatic heterocycles. The van der Waals surface area contributed by atoms with E-state index in [0.29, 0.717) is 32.4 Å². The van der Waals surface area contributed by atoms with Crippen molar-refractivity contribution in [2.75, 3.05) is 19.6 Å². The first kappa shape index (κ1) is 29.8. The van der Waals surface area contributed by atoms with Gasteiger partial charge in [0.15, 0.2) is 0 Å². The Bertz CT molecular complexity index is 1300. The Morgan fingerprint density at radius 3 is 2.17 bits per heavy atom. The lowest BCUT2D eigenvalue weighted by molar-refractivity contribution is -0.133. The van der Waals surface area contributed by atoms with Crippen LogP contribution in [0.25, 0.3) is 0 Å². The van der Waals surface area contributed by atoms with Crippen LogP contribution >= 0.6 is 28.3 Å². The van der Waals surface area contributed by atoms with Gasteiger partial charge in [0, 0.05) is 24.1 Å². The van der Waals surface area contributed by atoms with E-state index in [9.17, 15) is 14.4 Å². The molecule has 0 radical (unpaired) electrons. The molecule has 2 aliphatic rings. The minimum absolute atomic E-state index is 0. The molecule has 0 saturated carbocycles. The van der Waals surface area contributed by atoms with Crippen molar-refractivity contribution >= 4 is 46.2 Å². The zero-order chi connectivity index (χ0) is 27.2. The van der Waals surface area contributed by atoms with Crippen molar-refractivity contribution in [2.24, 2.45) is 0 Å². The summed E-state index contributed by atoms with van der Waals surface area (Å²) in [5.74, 6) is -0.136. The third-order valence-electron chi connectivity index (χ3n) is 7.69. The van der Waals surface area contributed by atoms with Crippen LogP contribution in [0.15, 0.2) is 89.4 Å². The molecule has 2 saturated heterocycles. The molecule has 5 rings (SSSR count). The molecule has 7 nitrogen and oxygen atoms in total. The number of hydrogen-bond donors (Lipinski definition) is 2. The minimum atomic E-state index is -0.828. The summed E-state index contributed by atoms with van der Waals surface area (Å²) in [5, 5.41) is 6.23. The summed E-state index contributed by atoms with van der Waals surface area (Å²) >= 11 is 3.42. The van der Waals surface area contributed by atoms with Gasteiger partial charge in [0.25, 0.3) is 5.91 Å². The van der Waals surface area contributed by atoms with Gasteiger partial charge >= 0.3 is 6.03 Å². The molecule has 0 aliphatic carbocycles. The molecule has 0 bridgehead atoms. The van der Waals surface area contributed by atoms with E-state index in [2.05, 4.69) is 31.5 Å². The smallest absolute Gasteiger partial charge is 0.325 e. The maximum absolute atomic E-state index is 13.4. The molecule has 2 heterocycles. The molecular weight excluding hydrogens is 592 g/mol. The first-order valence-corrected chi connectivity index (χ1v) is 14.2. The van der Waals surface area contributed by atoms with Crippen LogP contribution in [0.1, 0.15) is 42.0 Å². The van der Waals surface area contributed by atoms with Gasteiger partial charge in [-0.2, -0.15) is 0 Å². The molecule has 2 fully saturated rings. The third-order valence-corrected chi connectivity index (χ3v) is 8.22. The van der Waals surface area contributed by atoms with Crippen LogP contribution in [0.3, 0.4) is 0 Å². The fourth-order valence-corrected chi connectivity index (χ4v) is 5.70. The summed E-state index contributed by atoms with van der Waals surface area (Å²) in [4.78, 5) is 42.6. The van der Waals surface area contributed by atoms with Crippen LogP contribution in [0, 0.1) is 0 Å². The van der Waals surface area contributed by atoms with E-state index in [4.69, 9.17) is 0 Å². The van der Waals surface area contributed by atoms with Crippen molar-refractivity contribution in [3.8, 4) is 0 Å². The predicted octanol–water partition coefficient (Wildman–Crippen LogP) is 5.25. The Morgan fingerprint density at radius 2 is 1.52 bits per heavy atom. The van der Waals surface area contributed by atoms with E-state index >= 15 is 0 Å². The lowest BCUT2D eigenvalue weighted by Gasteiger charge is -2.37. The fraction of sp³-hybridized carbons (Fsp3) is 0.323. The quantitative estimate of drug-likeness (QED) is 0.319. The van der Waals surface area contributed by atoms with Crippen molar-refractivity contribution in [3.63, 3.8) is 0 Å². The molecule has 1 atom stereocenters. The van der Waals surface area contributed by atoms with Crippen molar-refractivity contribution in [1.82, 2.24) is 20.4 Å². The van der Waals surface area contributed by atoms with Gasteiger partial charge in [-0.25, -0.2) is 4.79 Å². The topological polar surface area (TPSA) is 81.8 Å². The second kappa shape index (κ2) is 13.4. The Kier molecular flexibility index (Phi) is 10.0. The first-order valence-electron chi connectivity index (χ1n) is 13.4. The monoisotopic (exact) mass is 624 g/mol. The van der Waals surface area contributed by atoms with Crippen molar-refractivity contribution in [1.29, 1.82) is 0 Å². The number of nitrogens with zero attached hydrogens (tertiary/aromatic N) is 2. The Hall–Kier alpha value is -3.20. The SMILES string of the molecule is Cl.O=C(Cc1ccccc1)N[C@@H](CCN1CCC2(CC1)NC(=O)N(Cc1ccc(Br)cc1)C2=O)c1ccccc1. The number of piperidine rings is 1. The molecule has 4 amide bonds. The molecule has 210 valence electrons. The van der Waals surface area contributed by atoms with Crippen molar-refractivity contribution in [3.05, 3.63) is 106 Å². The zero-order valence-corrected chi connectivity index (χ0v) is 24.6. The van der Waals surface area contributed by atoms with E-state index in [1.807, 2.05) is 84.9 Å². The van der Waals surface area contributed by atoms with Crippen LogP contribution in [0.2, 0.25) is 0 Å². The van der Waals surface area contributed by atoms with Crippen LogP contribution < -0.4 is 10.6 Å². The largest absolute Gasteiger partial charge is 0.349 e. The van der Waals surface area contributed by atoms with Crippen molar-refractivity contribution < 1.29 is 14.4 Å². The highest BCUT2D eigenvalue weighted by Crippen LogP contribution is 2.31. The average molecular weight is 626 g/mol. The van der Waals surface area contributed by atoms with Crippen LogP contribution in [0.4, 0.5) is 4.79 Å². The first-order chi connectivity index (χ1) is 18.9. The van der Waals surface area contributed by atoms with Gasteiger partial charge in [-0.1, -0.05) is 88.7 Å². The van der Waals surface area contributed by atoms with E-state index in [1.165, 1.54) is 4.90 Å². The molecule has 3 aromatic carbocycles. The maximum atomic E-state index is 13.4. The van der Waals surface area contributed by atoms with Crippen LogP contribution in [-0.4, -0.2) is 52.8 Å². The van der Waals surface area contributed by atoms with Gasteiger partial charge in [-0.05, 0) is 48.1 Å².